The molecule has 414 valence electrons. The molecule has 25 nitrogen and oxygen atoms in total. The minimum absolute atomic E-state index is 0.0423. The monoisotopic (exact) mass is 1090 g/mol. The van der Waals surface area contributed by atoms with Crippen molar-refractivity contribution in [3.05, 3.63) is 83.8 Å². The van der Waals surface area contributed by atoms with Crippen LogP contribution in [0.2, 0.25) is 0 Å². The SMILES string of the molecule is CC(C)[C@@H](NC(=O)CCOCCC(=O)ON1C(=O)CCC1=O)C(=O)C[C@H](CCCNC(N)=O)C(=O)Nc1ccc(COC(=O)O[C@H]2C[C@H](n3ccc4c(N[C@H]5CCc6ccccc65)ncnc43)C[C@H]2COS(N)(=O)=O)cc1. The average molecular weight is 1090 g/mol. The Morgan fingerprint density at radius 2 is 1.65 bits per heavy atom. The highest BCUT2D eigenvalue weighted by Gasteiger charge is 2.40. The maximum atomic E-state index is 13.7. The van der Waals surface area contributed by atoms with E-state index in [0.717, 1.165) is 18.2 Å². The maximum Gasteiger partial charge on any atom is 0.508 e. The van der Waals surface area contributed by atoms with Crippen LogP contribution in [0.5, 0.6) is 0 Å². The molecule has 7 rings (SSSR count). The number of carbonyl (C=O) groups is 8. The summed E-state index contributed by atoms with van der Waals surface area (Å²) in [4.78, 5) is 114. The first kappa shape index (κ1) is 57.2. The molecule has 2 fully saturated rings. The molecule has 2 aromatic heterocycles. The Morgan fingerprint density at radius 1 is 0.909 bits per heavy atom. The minimum Gasteiger partial charge on any atom is -0.430 e. The molecule has 6 atom stereocenters. The van der Waals surface area contributed by atoms with Gasteiger partial charge in [-0.05, 0) is 72.9 Å². The zero-order chi connectivity index (χ0) is 55.2. The van der Waals surface area contributed by atoms with Crippen molar-refractivity contribution < 1.29 is 70.0 Å². The van der Waals surface area contributed by atoms with Crippen molar-refractivity contribution in [1.82, 2.24) is 30.2 Å². The van der Waals surface area contributed by atoms with Gasteiger partial charge in [-0.1, -0.05) is 50.2 Å². The molecular weight excluding hydrogens is 1020 g/mol. The van der Waals surface area contributed by atoms with Crippen molar-refractivity contribution in [3.8, 4) is 0 Å². The Balaban J connectivity index is 0.898. The standard InChI is InChI=1S/C51H64N10O15S/c1-30(2)46(59-42(63)18-22-72-23-19-45(66)76-61-43(64)15-16-44(61)65)40(62)25-33(7-5-20-54-50(52)68)49(67)57-35-12-9-31(10-13-35)27-73-51(69)75-41-26-36(24-34(41)28-74-77(53,70)71)60-21-17-38-47(55-29-56-48(38)60)58-39-14-11-32-6-3-4-8-37(32)39/h3-4,6,8-10,12-13,17,21,29-30,33-34,36,39,41,46H,5,7,11,14-16,18-20,22-28H2,1-2H3,(H,57,67)(H,59,63)(H3,52,54,68)(H2,53,70,71)(H,55,56,58)/t33-,34-,36+,39-,41-,46+/m0/s1. The van der Waals surface area contributed by atoms with E-state index in [1.165, 1.54) is 17.5 Å². The van der Waals surface area contributed by atoms with Crippen LogP contribution in [0.4, 0.5) is 21.1 Å². The highest BCUT2D eigenvalue weighted by molar-refractivity contribution is 7.84. The van der Waals surface area contributed by atoms with Crippen molar-refractivity contribution in [1.29, 1.82) is 0 Å². The van der Waals surface area contributed by atoms with Crippen molar-refractivity contribution in [3.63, 3.8) is 0 Å². The van der Waals surface area contributed by atoms with Crippen molar-refractivity contribution in [2.75, 3.05) is 37.0 Å². The Kier molecular flexibility index (Phi) is 19.7. The van der Waals surface area contributed by atoms with Gasteiger partial charge in [-0.15, -0.1) is 5.06 Å². The number of carbonyl (C=O) groups excluding carboxylic acids is 8. The quantitative estimate of drug-likeness (QED) is 0.0280. The summed E-state index contributed by atoms with van der Waals surface area (Å²) in [5.74, 6) is -4.69. The number of primary amides is 1. The summed E-state index contributed by atoms with van der Waals surface area (Å²) >= 11 is 0. The minimum atomic E-state index is -4.31. The number of hydrogen-bond donors (Lipinski definition) is 6. The number of nitrogens with two attached hydrogens (primary N) is 2. The molecule has 1 aliphatic heterocycles. The number of benzene rings is 2. The number of hydroxylamine groups is 2. The molecule has 1 saturated carbocycles. The molecule has 1 saturated heterocycles. The second kappa shape index (κ2) is 26.5. The fraction of sp³-hybridized carbons (Fsp3) is 0.490. The molecule has 0 radical (unpaired) electrons. The van der Waals surface area contributed by atoms with Crippen LogP contribution >= 0.6 is 0 Å². The van der Waals surface area contributed by atoms with Crippen LogP contribution < -0.4 is 32.1 Å². The highest BCUT2D eigenvalue weighted by Crippen LogP contribution is 2.41. The number of aromatic nitrogens is 3. The highest BCUT2D eigenvalue weighted by atomic mass is 32.2. The van der Waals surface area contributed by atoms with Crippen molar-refractivity contribution in [2.24, 2.45) is 28.6 Å². The van der Waals surface area contributed by atoms with E-state index in [9.17, 15) is 46.8 Å². The second-order valence-corrected chi connectivity index (χ2v) is 20.6. The molecule has 0 unspecified atom stereocenters. The lowest BCUT2D eigenvalue weighted by molar-refractivity contribution is -0.198. The molecule has 6 amide bonds. The lowest BCUT2D eigenvalue weighted by Crippen LogP contribution is -2.45. The van der Waals surface area contributed by atoms with E-state index < -0.39 is 81.9 Å². The Labute approximate surface area is 444 Å². The summed E-state index contributed by atoms with van der Waals surface area (Å²) in [7, 11) is -4.31. The zero-order valence-electron chi connectivity index (χ0n) is 42.7. The van der Waals surface area contributed by atoms with Crippen molar-refractivity contribution in [2.45, 2.75) is 115 Å². The number of nitrogens with one attached hydrogen (secondary N) is 4. The predicted octanol–water partition coefficient (Wildman–Crippen LogP) is 3.93. The first-order valence-electron chi connectivity index (χ1n) is 25.4. The average Bonchev–Trinajstić information content (AvgIpc) is 4.20. The summed E-state index contributed by atoms with van der Waals surface area (Å²) in [5, 5.41) is 18.0. The summed E-state index contributed by atoms with van der Waals surface area (Å²) in [6.45, 7) is 2.78. The molecule has 3 aliphatic rings. The van der Waals surface area contributed by atoms with Crippen LogP contribution in [-0.4, -0.2) is 114 Å². The number of ketones is 1. The van der Waals surface area contributed by atoms with Gasteiger partial charge in [0.05, 0.1) is 43.7 Å². The maximum absolute atomic E-state index is 13.7. The van der Waals surface area contributed by atoms with Gasteiger partial charge in [0.15, 0.2) is 5.78 Å². The van der Waals surface area contributed by atoms with E-state index in [1.54, 1.807) is 38.1 Å². The third-order valence-electron chi connectivity index (χ3n) is 13.5. The normalized spacial score (nSPS) is 18.9. The molecule has 77 heavy (non-hydrogen) atoms. The first-order chi connectivity index (χ1) is 36.8. The number of rotatable bonds is 27. The van der Waals surface area contributed by atoms with Crippen LogP contribution in [0, 0.1) is 17.8 Å². The summed E-state index contributed by atoms with van der Waals surface area (Å²) in [6, 6.07) is 14.7. The number of amides is 6. The number of nitrogens with zero attached hydrogens (tertiary/aromatic N) is 4. The molecule has 4 aromatic rings. The van der Waals surface area contributed by atoms with Gasteiger partial charge in [-0.25, -0.2) is 29.5 Å². The van der Waals surface area contributed by atoms with Crippen LogP contribution in [0.1, 0.15) is 107 Å². The lowest BCUT2D eigenvalue weighted by atomic mass is 9.89. The van der Waals surface area contributed by atoms with E-state index in [2.05, 4.69) is 43.4 Å². The van der Waals surface area contributed by atoms with Gasteiger partial charge in [-0.3, -0.25) is 28.2 Å². The van der Waals surface area contributed by atoms with Gasteiger partial charge < -0.3 is 50.6 Å². The van der Waals surface area contributed by atoms with Crippen molar-refractivity contribution >= 4 is 80.4 Å². The molecule has 2 aliphatic carbocycles. The number of anilines is 2. The lowest BCUT2D eigenvalue weighted by Gasteiger charge is -2.24. The van der Waals surface area contributed by atoms with Crippen LogP contribution in [0.25, 0.3) is 11.0 Å². The number of aryl methyl sites for hydroxylation is 1. The molecule has 2 aromatic carbocycles. The van der Waals surface area contributed by atoms with Crippen LogP contribution in [0.15, 0.2) is 67.1 Å². The predicted molar refractivity (Wildman–Crippen MR) is 274 cm³/mol. The first-order valence-corrected chi connectivity index (χ1v) is 26.8. The number of urea groups is 1. The van der Waals surface area contributed by atoms with E-state index in [1.807, 2.05) is 29.0 Å². The Bertz CT molecular complexity index is 2900. The Hall–Kier alpha value is -7.55. The molecule has 0 spiro atoms. The van der Waals surface area contributed by atoms with Gasteiger partial charge in [0.1, 0.15) is 30.5 Å². The molecule has 3 heterocycles. The zero-order valence-corrected chi connectivity index (χ0v) is 43.5. The van der Waals surface area contributed by atoms with Gasteiger partial charge in [0.25, 0.3) is 11.8 Å². The summed E-state index contributed by atoms with van der Waals surface area (Å²) in [6.07, 6.45) is 3.72. The Morgan fingerprint density at radius 3 is 2.38 bits per heavy atom. The smallest absolute Gasteiger partial charge is 0.430 e. The van der Waals surface area contributed by atoms with Gasteiger partial charge in [0.2, 0.25) is 11.8 Å². The molecular formula is C51H64N10O15S. The molecule has 8 N–H and O–H groups in total. The van der Waals surface area contributed by atoms with E-state index in [-0.39, 0.29) is 95.9 Å². The van der Waals surface area contributed by atoms with Gasteiger partial charge in [-0.2, -0.15) is 8.42 Å². The number of imide groups is 1. The summed E-state index contributed by atoms with van der Waals surface area (Å²) in [5.41, 5.74) is 9.27. The third-order valence-corrected chi connectivity index (χ3v) is 14.0. The largest absolute Gasteiger partial charge is 0.508 e. The number of fused-ring (bicyclic) bond motifs is 2. The van der Waals surface area contributed by atoms with Crippen LogP contribution in [-0.2, 0) is 75.3 Å². The van der Waals surface area contributed by atoms with Gasteiger partial charge in [0, 0.05) is 68.4 Å². The fourth-order valence-electron chi connectivity index (χ4n) is 9.62. The van der Waals surface area contributed by atoms with E-state index in [4.69, 9.17) is 34.1 Å². The number of hydrogen-bond acceptors (Lipinski definition) is 18. The summed E-state index contributed by atoms with van der Waals surface area (Å²) < 4.78 is 47.2. The number of Topliss-reactive ketones (excluding diaryl/α,β-unsaturated/α-hetero) is 1. The molecule has 26 heteroatoms. The fourth-order valence-corrected chi connectivity index (χ4v) is 9.98. The number of ether oxygens (including phenoxy) is 3. The second-order valence-electron chi connectivity index (χ2n) is 19.4. The van der Waals surface area contributed by atoms with Crippen LogP contribution in [0.3, 0.4) is 0 Å². The van der Waals surface area contributed by atoms with E-state index >= 15 is 0 Å². The third kappa shape index (κ3) is 16.2. The van der Waals surface area contributed by atoms with Gasteiger partial charge >= 0.3 is 28.5 Å². The van der Waals surface area contributed by atoms with E-state index in [0.29, 0.717) is 40.6 Å². The molecule has 0 bridgehead atoms. The topological polar surface area (TPSA) is 351 Å².